The molecule has 1 N–H and O–H groups in total. The van der Waals surface area contributed by atoms with Crippen molar-refractivity contribution in [3.63, 3.8) is 0 Å². The molecule has 0 radical (unpaired) electrons. The molecule has 3 rings (SSSR count). The van der Waals surface area contributed by atoms with Gasteiger partial charge in [-0.3, -0.25) is 9.89 Å². The highest BCUT2D eigenvalue weighted by Gasteiger charge is 2.34. The minimum absolute atomic E-state index is 0.0185. The van der Waals surface area contributed by atoms with Gasteiger partial charge < -0.3 is 19.5 Å². The van der Waals surface area contributed by atoms with Crippen LogP contribution in [0.1, 0.15) is 16.8 Å². The molecule has 1 aromatic carbocycles. The number of alkyl halides is 3. The van der Waals surface area contributed by atoms with E-state index in [4.69, 9.17) is 9.26 Å². The molecule has 0 amide bonds. The number of piperazine rings is 1. The lowest BCUT2D eigenvalue weighted by Gasteiger charge is -2.36. The van der Waals surface area contributed by atoms with Crippen molar-refractivity contribution in [1.82, 2.24) is 20.3 Å². The largest absolute Gasteiger partial charge is 0.497 e. The van der Waals surface area contributed by atoms with E-state index >= 15 is 0 Å². The summed E-state index contributed by atoms with van der Waals surface area (Å²) in [7, 11) is 2.97. The van der Waals surface area contributed by atoms with Gasteiger partial charge >= 0.3 is 6.18 Å². The zero-order chi connectivity index (χ0) is 20.9. The molecule has 158 valence electrons. The fourth-order valence-corrected chi connectivity index (χ4v) is 3.27. The normalized spacial score (nSPS) is 16.2. The molecule has 1 fully saturated rings. The van der Waals surface area contributed by atoms with Gasteiger partial charge in [-0.1, -0.05) is 11.2 Å². The topological polar surface area (TPSA) is 66.1 Å². The third-order valence-corrected chi connectivity index (χ3v) is 4.82. The Morgan fingerprint density at radius 1 is 1.24 bits per heavy atom. The van der Waals surface area contributed by atoms with Crippen LogP contribution in [0.2, 0.25) is 0 Å². The molecule has 0 spiro atoms. The van der Waals surface area contributed by atoms with E-state index in [1.54, 1.807) is 13.3 Å². The summed E-state index contributed by atoms with van der Waals surface area (Å²) in [6.45, 7) is 3.74. The number of aliphatic imine (C=N–C) groups is 1. The van der Waals surface area contributed by atoms with Crippen molar-refractivity contribution >= 4 is 5.96 Å². The van der Waals surface area contributed by atoms with Crippen LogP contribution in [0.15, 0.2) is 40.0 Å². The molecule has 1 aromatic heterocycles. The summed E-state index contributed by atoms with van der Waals surface area (Å²) in [5.74, 6) is 0.753. The van der Waals surface area contributed by atoms with Crippen molar-refractivity contribution in [2.24, 2.45) is 4.99 Å². The molecule has 1 aliphatic rings. The molecule has 0 unspecified atom stereocenters. The fraction of sp³-hybridized carbons (Fsp3) is 0.474. The molecular formula is C19H24F3N5O2. The molecule has 0 atom stereocenters. The Morgan fingerprint density at radius 2 is 2.00 bits per heavy atom. The number of nitrogens with one attached hydrogen (secondary N) is 1. The summed E-state index contributed by atoms with van der Waals surface area (Å²) in [5, 5.41) is 6.97. The van der Waals surface area contributed by atoms with Gasteiger partial charge in [-0.05, 0) is 17.7 Å². The van der Waals surface area contributed by atoms with Crippen molar-refractivity contribution in [3.05, 3.63) is 47.3 Å². The van der Waals surface area contributed by atoms with Crippen LogP contribution in [0.5, 0.6) is 5.75 Å². The van der Waals surface area contributed by atoms with Gasteiger partial charge in [0.1, 0.15) is 12.0 Å². The number of guanidine groups is 1. The third kappa shape index (κ3) is 5.41. The number of hydrogen-bond donors (Lipinski definition) is 1. The Hall–Kier alpha value is -2.75. The van der Waals surface area contributed by atoms with Crippen LogP contribution in [-0.4, -0.2) is 61.3 Å². The van der Waals surface area contributed by atoms with E-state index in [9.17, 15) is 13.2 Å². The first-order valence-electron chi connectivity index (χ1n) is 9.22. The first-order valence-corrected chi connectivity index (χ1v) is 9.22. The van der Waals surface area contributed by atoms with Crippen LogP contribution in [-0.2, 0) is 19.3 Å². The van der Waals surface area contributed by atoms with Crippen LogP contribution in [0.4, 0.5) is 13.2 Å². The number of ether oxygens (including phenoxy) is 1. The van der Waals surface area contributed by atoms with Gasteiger partial charge in [0.2, 0.25) is 0 Å². The predicted molar refractivity (Wildman–Crippen MR) is 102 cm³/mol. The molecule has 2 heterocycles. The predicted octanol–water partition coefficient (Wildman–Crippen LogP) is 2.60. The van der Waals surface area contributed by atoms with Crippen LogP contribution in [0, 0.1) is 0 Å². The molecule has 0 aliphatic carbocycles. The van der Waals surface area contributed by atoms with Crippen LogP contribution >= 0.6 is 0 Å². The molecule has 1 saturated heterocycles. The molecule has 0 bridgehead atoms. The van der Waals surface area contributed by atoms with E-state index in [1.165, 1.54) is 19.2 Å². The summed E-state index contributed by atoms with van der Waals surface area (Å²) in [4.78, 5) is 8.51. The average molecular weight is 411 g/mol. The molecule has 7 nitrogen and oxygen atoms in total. The van der Waals surface area contributed by atoms with Crippen LogP contribution in [0.25, 0.3) is 0 Å². The van der Waals surface area contributed by atoms with E-state index in [-0.39, 0.29) is 17.9 Å². The van der Waals surface area contributed by atoms with E-state index in [0.29, 0.717) is 25.6 Å². The monoisotopic (exact) mass is 411 g/mol. The summed E-state index contributed by atoms with van der Waals surface area (Å²) < 4.78 is 49.9. The zero-order valence-corrected chi connectivity index (χ0v) is 16.4. The molecule has 2 aromatic rings. The first kappa shape index (κ1) is 21.0. The molecule has 10 heteroatoms. The average Bonchev–Trinajstić information content (AvgIpc) is 3.22. The minimum atomic E-state index is -4.46. The number of rotatable bonds is 5. The Kier molecular flexibility index (Phi) is 6.63. The number of methoxy groups -OCH3 is 1. The van der Waals surface area contributed by atoms with E-state index < -0.39 is 11.7 Å². The van der Waals surface area contributed by atoms with Crippen molar-refractivity contribution in [2.75, 3.05) is 40.3 Å². The number of benzene rings is 1. The Morgan fingerprint density at radius 3 is 2.59 bits per heavy atom. The molecular weight excluding hydrogens is 387 g/mol. The SMILES string of the molecule is CN=C(NCc1ccc(OC)cc1C(F)(F)F)N1CCN(Cc2ccon2)CC1. The van der Waals surface area contributed by atoms with E-state index in [0.717, 1.165) is 24.8 Å². The maximum absolute atomic E-state index is 13.4. The maximum Gasteiger partial charge on any atom is 0.416 e. The van der Waals surface area contributed by atoms with Gasteiger partial charge in [0.15, 0.2) is 5.96 Å². The van der Waals surface area contributed by atoms with Gasteiger partial charge in [-0.15, -0.1) is 0 Å². The second-order valence-electron chi connectivity index (χ2n) is 6.68. The number of aromatic nitrogens is 1. The lowest BCUT2D eigenvalue weighted by molar-refractivity contribution is -0.138. The lowest BCUT2D eigenvalue weighted by Crippen LogP contribution is -2.52. The second-order valence-corrected chi connectivity index (χ2v) is 6.68. The highest BCUT2D eigenvalue weighted by atomic mass is 19.4. The Bertz CT molecular complexity index is 816. The summed E-state index contributed by atoms with van der Waals surface area (Å²) in [6.07, 6.45) is -2.91. The van der Waals surface area contributed by atoms with Gasteiger partial charge in [-0.2, -0.15) is 13.2 Å². The molecule has 1 aliphatic heterocycles. The summed E-state index contributed by atoms with van der Waals surface area (Å²) in [5.41, 5.74) is 0.307. The smallest absolute Gasteiger partial charge is 0.416 e. The van der Waals surface area contributed by atoms with E-state index in [2.05, 4.69) is 20.4 Å². The molecule has 29 heavy (non-hydrogen) atoms. The number of halogens is 3. The first-order chi connectivity index (χ1) is 13.9. The van der Waals surface area contributed by atoms with Gasteiger partial charge in [0.25, 0.3) is 0 Å². The zero-order valence-electron chi connectivity index (χ0n) is 16.4. The number of nitrogens with zero attached hydrogens (tertiary/aromatic N) is 4. The molecule has 0 saturated carbocycles. The summed E-state index contributed by atoms with van der Waals surface area (Å²) in [6, 6.07) is 5.80. The van der Waals surface area contributed by atoms with Gasteiger partial charge in [0, 0.05) is 52.4 Å². The maximum atomic E-state index is 13.4. The van der Waals surface area contributed by atoms with Gasteiger partial charge in [0.05, 0.1) is 18.4 Å². The highest BCUT2D eigenvalue weighted by molar-refractivity contribution is 5.80. The Balaban J connectivity index is 1.59. The lowest BCUT2D eigenvalue weighted by atomic mass is 10.1. The van der Waals surface area contributed by atoms with Crippen molar-refractivity contribution in [2.45, 2.75) is 19.3 Å². The Labute approximate surface area is 167 Å². The quantitative estimate of drug-likeness (QED) is 0.603. The minimum Gasteiger partial charge on any atom is -0.497 e. The van der Waals surface area contributed by atoms with Crippen molar-refractivity contribution in [3.8, 4) is 5.75 Å². The van der Waals surface area contributed by atoms with Gasteiger partial charge in [-0.25, -0.2) is 0 Å². The van der Waals surface area contributed by atoms with Crippen LogP contribution < -0.4 is 10.1 Å². The van der Waals surface area contributed by atoms with Crippen molar-refractivity contribution in [1.29, 1.82) is 0 Å². The second kappa shape index (κ2) is 9.17. The standard InChI is InChI=1S/C19H24F3N5O2/c1-23-18(27-8-6-26(7-9-27)13-15-5-10-29-25-15)24-12-14-3-4-16(28-2)11-17(14)19(20,21)22/h3-5,10-11H,6-9,12-13H2,1-2H3,(H,23,24). The summed E-state index contributed by atoms with van der Waals surface area (Å²) >= 11 is 0. The third-order valence-electron chi connectivity index (χ3n) is 4.82. The highest BCUT2D eigenvalue weighted by Crippen LogP contribution is 2.34. The van der Waals surface area contributed by atoms with Crippen LogP contribution in [0.3, 0.4) is 0 Å². The number of hydrogen-bond acceptors (Lipinski definition) is 5. The van der Waals surface area contributed by atoms with E-state index in [1.807, 2.05) is 11.0 Å². The fourth-order valence-electron chi connectivity index (χ4n) is 3.27. The van der Waals surface area contributed by atoms with Crippen molar-refractivity contribution < 1.29 is 22.4 Å².